The first-order valence-electron chi connectivity index (χ1n) is 9.87. The van der Waals surface area contributed by atoms with Crippen LogP contribution in [-0.4, -0.2) is 59.3 Å². The van der Waals surface area contributed by atoms with Crippen LogP contribution in [0.1, 0.15) is 17.5 Å². The Labute approximate surface area is 165 Å². The molecule has 1 aromatic heterocycles. The number of piperazine rings is 1. The fourth-order valence-electron chi connectivity index (χ4n) is 3.98. The first-order chi connectivity index (χ1) is 13.6. The molecule has 1 unspecified atom stereocenters. The maximum atomic E-state index is 13.0. The standard InChI is InChI=1S/C22H26N4O2/c1-17-4-6-20(7-5-17)26-16-19(13-21(26)27)22(28)25-11-9-24(10-12-25)15-18-3-2-8-23-14-18/h2-8,14,19H,9-13,15-16H2,1H3. The zero-order valence-electron chi connectivity index (χ0n) is 16.3. The van der Waals surface area contributed by atoms with Crippen molar-refractivity contribution in [1.82, 2.24) is 14.8 Å². The molecule has 28 heavy (non-hydrogen) atoms. The van der Waals surface area contributed by atoms with Crippen LogP contribution in [0.2, 0.25) is 0 Å². The summed E-state index contributed by atoms with van der Waals surface area (Å²) < 4.78 is 0. The molecule has 2 aromatic rings. The predicted molar refractivity (Wildman–Crippen MR) is 108 cm³/mol. The molecule has 0 radical (unpaired) electrons. The number of hydrogen-bond acceptors (Lipinski definition) is 4. The molecule has 6 nitrogen and oxygen atoms in total. The third-order valence-corrected chi connectivity index (χ3v) is 5.63. The molecule has 2 aliphatic rings. The van der Waals surface area contributed by atoms with Gasteiger partial charge in [-0.05, 0) is 30.7 Å². The molecule has 1 atom stereocenters. The average Bonchev–Trinajstić information content (AvgIpc) is 3.11. The van der Waals surface area contributed by atoms with E-state index in [1.807, 2.05) is 48.4 Å². The molecule has 2 fully saturated rings. The molecule has 0 aliphatic carbocycles. The van der Waals surface area contributed by atoms with Gasteiger partial charge in [-0.3, -0.25) is 19.5 Å². The first kappa shape index (κ1) is 18.6. The van der Waals surface area contributed by atoms with Crippen LogP contribution in [0.5, 0.6) is 0 Å². The first-order valence-corrected chi connectivity index (χ1v) is 9.87. The Kier molecular flexibility index (Phi) is 5.39. The fourth-order valence-corrected chi connectivity index (χ4v) is 3.98. The van der Waals surface area contributed by atoms with Crippen molar-refractivity contribution in [3.05, 3.63) is 59.9 Å². The summed E-state index contributed by atoms with van der Waals surface area (Å²) in [7, 11) is 0. The van der Waals surface area contributed by atoms with E-state index in [9.17, 15) is 9.59 Å². The number of aromatic nitrogens is 1. The summed E-state index contributed by atoms with van der Waals surface area (Å²) in [6.45, 7) is 6.50. The van der Waals surface area contributed by atoms with E-state index < -0.39 is 0 Å². The lowest BCUT2D eigenvalue weighted by molar-refractivity contribution is -0.137. The van der Waals surface area contributed by atoms with Gasteiger partial charge in [0.1, 0.15) is 0 Å². The highest BCUT2D eigenvalue weighted by Crippen LogP contribution is 2.27. The molecule has 0 N–H and O–H groups in total. The molecular formula is C22H26N4O2. The molecular weight excluding hydrogens is 352 g/mol. The Morgan fingerprint density at radius 1 is 1.11 bits per heavy atom. The Balaban J connectivity index is 1.32. The number of amides is 2. The van der Waals surface area contributed by atoms with Crippen LogP contribution in [0.3, 0.4) is 0 Å². The number of pyridine rings is 1. The zero-order chi connectivity index (χ0) is 19.5. The number of aryl methyl sites for hydroxylation is 1. The third kappa shape index (κ3) is 4.07. The Hall–Kier alpha value is -2.73. The number of carbonyl (C=O) groups is 2. The van der Waals surface area contributed by atoms with Crippen LogP contribution in [0.15, 0.2) is 48.8 Å². The van der Waals surface area contributed by atoms with Crippen molar-refractivity contribution in [2.75, 3.05) is 37.6 Å². The molecule has 1 aromatic carbocycles. The number of carbonyl (C=O) groups excluding carboxylic acids is 2. The van der Waals surface area contributed by atoms with Crippen LogP contribution in [0.4, 0.5) is 5.69 Å². The number of rotatable bonds is 4. The molecule has 2 aliphatic heterocycles. The average molecular weight is 378 g/mol. The predicted octanol–water partition coefficient (Wildman–Crippen LogP) is 2.09. The van der Waals surface area contributed by atoms with Gasteiger partial charge in [0.05, 0.1) is 5.92 Å². The van der Waals surface area contributed by atoms with E-state index in [4.69, 9.17) is 0 Å². The van der Waals surface area contributed by atoms with Crippen molar-refractivity contribution >= 4 is 17.5 Å². The van der Waals surface area contributed by atoms with Crippen molar-refractivity contribution in [2.45, 2.75) is 19.9 Å². The van der Waals surface area contributed by atoms with E-state index in [1.165, 1.54) is 5.56 Å². The monoisotopic (exact) mass is 378 g/mol. The second kappa shape index (κ2) is 8.10. The zero-order valence-corrected chi connectivity index (χ0v) is 16.3. The van der Waals surface area contributed by atoms with Crippen LogP contribution in [-0.2, 0) is 16.1 Å². The second-order valence-electron chi connectivity index (χ2n) is 7.70. The molecule has 0 spiro atoms. The van der Waals surface area contributed by atoms with Gasteiger partial charge in [-0.25, -0.2) is 0 Å². The number of benzene rings is 1. The normalized spacial score (nSPS) is 20.6. The fraction of sp³-hybridized carbons (Fsp3) is 0.409. The summed E-state index contributed by atoms with van der Waals surface area (Å²) in [5.74, 6) is -0.0833. The van der Waals surface area contributed by atoms with E-state index in [0.29, 0.717) is 26.1 Å². The van der Waals surface area contributed by atoms with Gasteiger partial charge in [0.2, 0.25) is 11.8 Å². The van der Waals surface area contributed by atoms with E-state index in [2.05, 4.69) is 16.0 Å². The summed E-state index contributed by atoms with van der Waals surface area (Å²) in [6, 6.07) is 11.9. The molecule has 6 heteroatoms. The van der Waals surface area contributed by atoms with Crippen LogP contribution >= 0.6 is 0 Å². The van der Waals surface area contributed by atoms with E-state index >= 15 is 0 Å². The van der Waals surface area contributed by atoms with Gasteiger partial charge in [0, 0.05) is 63.8 Å². The summed E-state index contributed by atoms with van der Waals surface area (Å²) in [6.07, 6.45) is 3.98. The van der Waals surface area contributed by atoms with Gasteiger partial charge in [-0.2, -0.15) is 0 Å². The smallest absolute Gasteiger partial charge is 0.228 e. The minimum Gasteiger partial charge on any atom is -0.340 e. The summed E-state index contributed by atoms with van der Waals surface area (Å²) in [4.78, 5) is 35.6. The van der Waals surface area contributed by atoms with Gasteiger partial charge < -0.3 is 9.80 Å². The Morgan fingerprint density at radius 3 is 2.54 bits per heavy atom. The van der Waals surface area contributed by atoms with Crippen LogP contribution in [0.25, 0.3) is 0 Å². The largest absolute Gasteiger partial charge is 0.340 e. The minimum atomic E-state index is -0.237. The minimum absolute atomic E-state index is 0.0393. The van der Waals surface area contributed by atoms with Crippen molar-refractivity contribution in [1.29, 1.82) is 0 Å². The van der Waals surface area contributed by atoms with Crippen molar-refractivity contribution in [3.63, 3.8) is 0 Å². The van der Waals surface area contributed by atoms with Crippen molar-refractivity contribution < 1.29 is 9.59 Å². The Morgan fingerprint density at radius 2 is 1.86 bits per heavy atom. The summed E-state index contributed by atoms with van der Waals surface area (Å²) >= 11 is 0. The van der Waals surface area contributed by atoms with E-state index in [1.54, 1.807) is 11.1 Å². The van der Waals surface area contributed by atoms with Crippen molar-refractivity contribution in [3.8, 4) is 0 Å². The molecule has 0 bridgehead atoms. The van der Waals surface area contributed by atoms with E-state index in [-0.39, 0.29) is 17.7 Å². The molecule has 146 valence electrons. The number of anilines is 1. The topological polar surface area (TPSA) is 56.8 Å². The highest BCUT2D eigenvalue weighted by molar-refractivity contribution is 6.00. The summed E-state index contributed by atoms with van der Waals surface area (Å²) in [5, 5.41) is 0. The van der Waals surface area contributed by atoms with Crippen molar-refractivity contribution in [2.24, 2.45) is 5.92 Å². The Bertz CT molecular complexity index is 829. The third-order valence-electron chi connectivity index (χ3n) is 5.63. The number of nitrogens with zero attached hydrogens (tertiary/aromatic N) is 4. The van der Waals surface area contributed by atoms with Gasteiger partial charge in [0.25, 0.3) is 0 Å². The highest BCUT2D eigenvalue weighted by Gasteiger charge is 2.37. The molecule has 2 saturated heterocycles. The molecule has 4 rings (SSSR count). The van der Waals surface area contributed by atoms with Crippen LogP contribution < -0.4 is 4.90 Å². The number of hydrogen-bond donors (Lipinski definition) is 0. The van der Waals surface area contributed by atoms with Gasteiger partial charge >= 0.3 is 0 Å². The van der Waals surface area contributed by atoms with E-state index in [0.717, 1.165) is 30.9 Å². The lowest BCUT2D eigenvalue weighted by Gasteiger charge is -2.35. The second-order valence-corrected chi connectivity index (χ2v) is 7.70. The lowest BCUT2D eigenvalue weighted by atomic mass is 10.1. The molecule has 2 amide bonds. The maximum absolute atomic E-state index is 13.0. The maximum Gasteiger partial charge on any atom is 0.228 e. The highest BCUT2D eigenvalue weighted by atomic mass is 16.2. The molecule has 0 saturated carbocycles. The van der Waals surface area contributed by atoms with Gasteiger partial charge in [-0.1, -0.05) is 23.8 Å². The van der Waals surface area contributed by atoms with Gasteiger partial charge in [0.15, 0.2) is 0 Å². The quantitative estimate of drug-likeness (QED) is 0.818. The lowest BCUT2D eigenvalue weighted by Crippen LogP contribution is -2.50. The molecule has 3 heterocycles. The van der Waals surface area contributed by atoms with Gasteiger partial charge in [-0.15, -0.1) is 0 Å². The summed E-state index contributed by atoms with van der Waals surface area (Å²) in [5.41, 5.74) is 3.23. The SMILES string of the molecule is Cc1ccc(N2CC(C(=O)N3CCN(Cc4cccnc4)CC3)CC2=O)cc1. The van der Waals surface area contributed by atoms with Crippen LogP contribution in [0, 0.1) is 12.8 Å².